The molecule has 7 nitrogen and oxygen atoms in total. The van der Waals surface area contributed by atoms with Crippen LogP contribution in [0.2, 0.25) is 0 Å². The van der Waals surface area contributed by atoms with Gasteiger partial charge >= 0.3 is 5.97 Å². The highest BCUT2D eigenvalue weighted by Gasteiger charge is 2.27. The van der Waals surface area contributed by atoms with E-state index in [1.165, 1.54) is 0 Å². The number of aliphatic hydroxyl groups excluding tert-OH is 1. The summed E-state index contributed by atoms with van der Waals surface area (Å²) in [6, 6.07) is 18.2. The van der Waals surface area contributed by atoms with E-state index in [-0.39, 0.29) is 50.4 Å². The highest BCUT2D eigenvalue weighted by molar-refractivity contribution is 5.86. The summed E-state index contributed by atoms with van der Waals surface area (Å²) in [5.74, 6) is -1.59. The minimum absolute atomic E-state index is 0.0227. The number of hydrogen-bond donors (Lipinski definition) is 2. The normalized spacial score (nSPS) is 12.1. The van der Waals surface area contributed by atoms with E-state index in [0.717, 1.165) is 11.1 Å². The second-order valence-electron chi connectivity index (χ2n) is 8.43. The Morgan fingerprint density at radius 2 is 1.67 bits per heavy atom. The van der Waals surface area contributed by atoms with Gasteiger partial charge in [-0.3, -0.25) is 14.4 Å². The molecule has 2 rings (SSSR count). The van der Waals surface area contributed by atoms with Crippen molar-refractivity contribution in [2.45, 2.75) is 38.3 Å². The van der Waals surface area contributed by atoms with Crippen LogP contribution < -0.4 is 5.32 Å². The average Bonchev–Trinajstić information content (AvgIpc) is 2.90. The predicted molar refractivity (Wildman–Crippen MR) is 140 cm³/mol. The standard InChI is InChI=1S/C29H36N2O5/c1-3-5-17-28(34)36-22-26(24-15-10-7-11-16-24)30-29(35)25(12-4-2)20-27(33)31(18-19-32)21-23-13-8-6-9-14-23/h3-4,6-11,13-16,25-26,32H,1-2,5,12,17-22H2,(H,30,35)/t25-,26+/m1/s1. The Labute approximate surface area is 213 Å². The lowest BCUT2D eigenvalue weighted by atomic mass is 9.98. The molecule has 0 fully saturated rings. The minimum atomic E-state index is -0.658. The number of ether oxygens (including phenoxy) is 1. The molecule has 192 valence electrons. The van der Waals surface area contributed by atoms with Gasteiger partial charge in [-0.15, -0.1) is 13.2 Å². The van der Waals surface area contributed by atoms with Crippen LogP contribution in [-0.4, -0.2) is 47.5 Å². The van der Waals surface area contributed by atoms with Crippen molar-refractivity contribution in [1.82, 2.24) is 10.2 Å². The number of nitrogens with one attached hydrogen (secondary N) is 1. The van der Waals surface area contributed by atoms with Gasteiger partial charge in [-0.1, -0.05) is 72.8 Å². The van der Waals surface area contributed by atoms with Crippen LogP contribution in [0.4, 0.5) is 0 Å². The van der Waals surface area contributed by atoms with Crippen molar-refractivity contribution >= 4 is 17.8 Å². The second-order valence-corrected chi connectivity index (χ2v) is 8.43. The molecule has 2 N–H and O–H groups in total. The molecule has 0 aliphatic rings. The highest BCUT2D eigenvalue weighted by atomic mass is 16.5. The Morgan fingerprint density at radius 1 is 1.00 bits per heavy atom. The Kier molecular flexibility index (Phi) is 12.7. The van der Waals surface area contributed by atoms with Crippen molar-refractivity contribution in [1.29, 1.82) is 0 Å². The van der Waals surface area contributed by atoms with Gasteiger partial charge in [0.05, 0.1) is 18.6 Å². The van der Waals surface area contributed by atoms with E-state index in [1.807, 2.05) is 60.7 Å². The van der Waals surface area contributed by atoms with Crippen LogP contribution in [0.25, 0.3) is 0 Å². The maximum absolute atomic E-state index is 13.3. The van der Waals surface area contributed by atoms with Gasteiger partial charge in [-0.05, 0) is 24.0 Å². The molecule has 2 atom stereocenters. The zero-order valence-corrected chi connectivity index (χ0v) is 20.7. The number of nitrogens with zero attached hydrogens (tertiary/aromatic N) is 1. The van der Waals surface area contributed by atoms with Crippen molar-refractivity contribution in [2.24, 2.45) is 5.92 Å². The molecular weight excluding hydrogens is 456 g/mol. The topological polar surface area (TPSA) is 95.9 Å². The van der Waals surface area contributed by atoms with Gasteiger partial charge < -0.3 is 20.1 Å². The molecule has 0 saturated heterocycles. The Balaban J connectivity index is 2.11. The fourth-order valence-corrected chi connectivity index (χ4v) is 3.71. The zero-order valence-electron chi connectivity index (χ0n) is 20.7. The predicted octanol–water partition coefficient (Wildman–Crippen LogP) is 3.96. The van der Waals surface area contributed by atoms with Crippen molar-refractivity contribution < 1.29 is 24.2 Å². The largest absolute Gasteiger partial charge is 0.463 e. The molecule has 0 spiro atoms. The van der Waals surface area contributed by atoms with E-state index in [1.54, 1.807) is 17.1 Å². The number of esters is 1. The summed E-state index contributed by atoms with van der Waals surface area (Å²) in [5.41, 5.74) is 1.73. The Morgan fingerprint density at radius 3 is 2.28 bits per heavy atom. The molecule has 0 radical (unpaired) electrons. The fraction of sp³-hybridized carbons (Fsp3) is 0.345. The first kappa shape index (κ1) is 28.5. The van der Waals surface area contributed by atoms with Crippen molar-refractivity contribution in [3.63, 3.8) is 0 Å². The third kappa shape index (κ3) is 9.88. The minimum Gasteiger partial charge on any atom is -0.463 e. The van der Waals surface area contributed by atoms with Crippen LogP contribution >= 0.6 is 0 Å². The van der Waals surface area contributed by atoms with Gasteiger partial charge in [0.2, 0.25) is 11.8 Å². The van der Waals surface area contributed by atoms with E-state index in [0.29, 0.717) is 19.4 Å². The number of aliphatic hydroxyl groups is 1. The van der Waals surface area contributed by atoms with E-state index in [2.05, 4.69) is 18.5 Å². The number of allylic oxidation sites excluding steroid dienone is 2. The Hall–Kier alpha value is -3.71. The van der Waals surface area contributed by atoms with E-state index < -0.39 is 12.0 Å². The van der Waals surface area contributed by atoms with Crippen LogP contribution in [0.1, 0.15) is 42.9 Å². The molecule has 0 aliphatic heterocycles. The number of carbonyl (C=O) groups excluding carboxylic acids is 3. The molecule has 0 aliphatic carbocycles. The van der Waals surface area contributed by atoms with Gasteiger partial charge in [0.15, 0.2) is 0 Å². The van der Waals surface area contributed by atoms with Crippen molar-refractivity contribution in [3.05, 3.63) is 97.1 Å². The summed E-state index contributed by atoms with van der Waals surface area (Å²) >= 11 is 0. The summed E-state index contributed by atoms with van der Waals surface area (Å²) < 4.78 is 5.39. The van der Waals surface area contributed by atoms with E-state index in [4.69, 9.17) is 4.74 Å². The number of amides is 2. The SMILES string of the molecule is C=CCCC(=O)OC[C@H](NC(=O)[C@H](CC=C)CC(=O)N(CCO)Cc1ccccc1)c1ccccc1. The molecule has 0 aromatic heterocycles. The number of hydrogen-bond acceptors (Lipinski definition) is 5. The highest BCUT2D eigenvalue weighted by Crippen LogP contribution is 2.19. The maximum Gasteiger partial charge on any atom is 0.306 e. The fourth-order valence-electron chi connectivity index (χ4n) is 3.71. The van der Waals surface area contributed by atoms with Crippen LogP contribution in [0.15, 0.2) is 86.0 Å². The van der Waals surface area contributed by atoms with Gasteiger partial charge in [0, 0.05) is 25.9 Å². The zero-order chi connectivity index (χ0) is 26.2. The lowest BCUT2D eigenvalue weighted by Crippen LogP contribution is -2.40. The molecule has 36 heavy (non-hydrogen) atoms. The number of rotatable bonds is 16. The van der Waals surface area contributed by atoms with Gasteiger partial charge in [-0.25, -0.2) is 0 Å². The molecule has 0 saturated carbocycles. The summed E-state index contributed by atoms with van der Waals surface area (Å²) in [7, 11) is 0. The third-order valence-corrected chi connectivity index (χ3v) is 5.66. The third-order valence-electron chi connectivity index (χ3n) is 5.66. The number of carbonyl (C=O) groups is 3. The quantitative estimate of drug-likeness (QED) is 0.273. The van der Waals surface area contributed by atoms with Gasteiger partial charge in [-0.2, -0.15) is 0 Å². The molecule has 0 bridgehead atoms. The molecular formula is C29H36N2O5. The van der Waals surface area contributed by atoms with Crippen LogP contribution in [0, 0.1) is 5.92 Å². The number of benzene rings is 2. The second kappa shape index (κ2) is 16.1. The smallest absolute Gasteiger partial charge is 0.306 e. The molecule has 2 aromatic carbocycles. The molecule has 0 heterocycles. The molecule has 2 aromatic rings. The monoisotopic (exact) mass is 492 g/mol. The molecule has 7 heteroatoms. The van der Waals surface area contributed by atoms with E-state index in [9.17, 15) is 19.5 Å². The van der Waals surface area contributed by atoms with Gasteiger partial charge in [0.25, 0.3) is 0 Å². The van der Waals surface area contributed by atoms with E-state index >= 15 is 0 Å². The first-order valence-electron chi connectivity index (χ1n) is 12.1. The lowest BCUT2D eigenvalue weighted by molar-refractivity contribution is -0.145. The molecule has 0 unspecified atom stereocenters. The maximum atomic E-state index is 13.3. The van der Waals surface area contributed by atoms with Gasteiger partial charge in [0.1, 0.15) is 6.61 Å². The average molecular weight is 493 g/mol. The summed E-state index contributed by atoms with van der Waals surface area (Å²) in [5, 5.41) is 12.4. The Bertz CT molecular complexity index is 978. The first-order chi connectivity index (χ1) is 17.5. The first-order valence-corrected chi connectivity index (χ1v) is 12.1. The lowest BCUT2D eigenvalue weighted by Gasteiger charge is -2.26. The summed E-state index contributed by atoms with van der Waals surface area (Å²) in [4.78, 5) is 40.0. The van der Waals surface area contributed by atoms with Crippen molar-refractivity contribution in [2.75, 3.05) is 19.8 Å². The molecule has 2 amide bonds. The van der Waals surface area contributed by atoms with Crippen LogP contribution in [0.5, 0.6) is 0 Å². The van der Waals surface area contributed by atoms with Crippen molar-refractivity contribution in [3.8, 4) is 0 Å². The summed E-state index contributed by atoms with van der Waals surface area (Å²) in [6.07, 6.45) is 4.25. The summed E-state index contributed by atoms with van der Waals surface area (Å²) in [6.45, 7) is 7.66. The van der Waals surface area contributed by atoms with Crippen LogP contribution in [0.3, 0.4) is 0 Å². The van der Waals surface area contributed by atoms with Crippen LogP contribution in [-0.2, 0) is 25.7 Å².